The van der Waals surface area contributed by atoms with Gasteiger partial charge < -0.3 is 23.7 Å². The molecule has 1 aliphatic heterocycles. The van der Waals surface area contributed by atoms with Gasteiger partial charge in [0.2, 0.25) is 6.29 Å². The summed E-state index contributed by atoms with van der Waals surface area (Å²) < 4.78 is 30.0. The summed E-state index contributed by atoms with van der Waals surface area (Å²) in [4.78, 5) is 11.8. The van der Waals surface area contributed by atoms with Crippen molar-refractivity contribution >= 4 is 5.97 Å². The zero-order valence-corrected chi connectivity index (χ0v) is 19.2. The van der Waals surface area contributed by atoms with Crippen molar-refractivity contribution in [3.8, 4) is 0 Å². The minimum Gasteiger partial charge on any atom is -0.433 e. The third kappa shape index (κ3) is 6.98. The molecule has 3 aromatic carbocycles. The maximum Gasteiger partial charge on any atom is 0.305 e. The number of benzene rings is 3. The maximum atomic E-state index is 11.8. The van der Waals surface area contributed by atoms with E-state index in [0.717, 1.165) is 16.7 Å². The van der Waals surface area contributed by atoms with Crippen molar-refractivity contribution in [2.24, 2.45) is 0 Å². The lowest BCUT2D eigenvalue weighted by molar-refractivity contribution is -0.195. The van der Waals surface area contributed by atoms with Crippen molar-refractivity contribution in [2.75, 3.05) is 6.61 Å². The Hall–Kier alpha value is -3.03. The first-order valence-corrected chi connectivity index (χ1v) is 11.4. The van der Waals surface area contributed by atoms with Crippen LogP contribution >= 0.6 is 0 Å². The molecule has 0 bridgehead atoms. The highest BCUT2D eigenvalue weighted by Gasteiger charge is 2.48. The number of hydrogen-bond acceptors (Lipinski definition) is 6. The molecule has 178 valence electrons. The predicted octanol–water partition coefficient (Wildman–Crippen LogP) is 4.66. The third-order valence-electron chi connectivity index (χ3n) is 5.51. The average Bonchev–Trinajstić information content (AvgIpc) is 3.18. The van der Waals surface area contributed by atoms with Crippen molar-refractivity contribution in [3.63, 3.8) is 0 Å². The number of carbonyl (C=O) groups excluding carboxylic acids is 1. The van der Waals surface area contributed by atoms with Crippen LogP contribution in [0.3, 0.4) is 0 Å². The Balaban J connectivity index is 1.47. The Morgan fingerprint density at radius 1 is 0.706 bits per heavy atom. The Bertz CT molecular complexity index is 995. The molecule has 1 saturated heterocycles. The van der Waals surface area contributed by atoms with Gasteiger partial charge in [0.15, 0.2) is 0 Å². The standard InChI is InChI=1S/C28H30O6/c1-21(29)33-28-27(32-19-24-15-9-4-10-16-24)26(31-18-23-13-7-3-8-14-23)25(34-28)20-30-17-22-11-5-2-6-12-22/h2-16,25-28H,17-20H2,1H3/t25-,26?,27+,28-/m0/s1. The topological polar surface area (TPSA) is 63.2 Å². The molecule has 3 aromatic rings. The molecule has 0 radical (unpaired) electrons. The van der Waals surface area contributed by atoms with Crippen LogP contribution < -0.4 is 0 Å². The molecule has 6 heteroatoms. The lowest BCUT2D eigenvalue weighted by Gasteiger charge is -2.24. The van der Waals surface area contributed by atoms with Gasteiger partial charge in [-0.1, -0.05) is 91.0 Å². The second-order valence-electron chi connectivity index (χ2n) is 8.18. The quantitative estimate of drug-likeness (QED) is 0.386. The van der Waals surface area contributed by atoms with Crippen LogP contribution in [0.25, 0.3) is 0 Å². The van der Waals surface area contributed by atoms with E-state index in [-0.39, 0.29) is 6.61 Å². The fourth-order valence-electron chi connectivity index (χ4n) is 3.86. The average molecular weight is 463 g/mol. The normalized spacial score (nSPS) is 21.9. The monoisotopic (exact) mass is 462 g/mol. The Labute approximate surface area is 200 Å². The predicted molar refractivity (Wildman–Crippen MR) is 127 cm³/mol. The van der Waals surface area contributed by atoms with Gasteiger partial charge in [-0.05, 0) is 16.7 Å². The smallest absolute Gasteiger partial charge is 0.305 e. The number of rotatable bonds is 11. The van der Waals surface area contributed by atoms with Gasteiger partial charge in [-0.25, -0.2) is 0 Å². The van der Waals surface area contributed by atoms with Gasteiger partial charge in [0.25, 0.3) is 0 Å². The molecule has 4 atom stereocenters. The number of ether oxygens (including phenoxy) is 5. The van der Waals surface area contributed by atoms with Gasteiger partial charge in [0, 0.05) is 6.92 Å². The highest BCUT2D eigenvalue weighted by Crippen LogP contribution is 2.30. The van der Waals surface area contributed by atoms with Gasteiger partial charge in [-0.15, -0.1) is 0 Å². The lowest BCUT2D eigenvalue weighted by atomic mass is 10.1. The lowest BCUT2D eigenvalue weighted by Crippen LogP contribution is -2.40. The van der Waals surface area contributed by atoms with E-state index in [1.807, 2.05) is 91.0 Å². The van der Waals surface area contributed by atoms with Gasteiger partial charge in [0.1, 0.15) is 18.3 Å². The highest BCUT2D eigenvalue weighted by molar-refractivity contribution is 5.66. The molecule has 6 nitrogen and oxygen atoms in total. The van der Waals surface area contributed by atoms with Gasteiger partial charge in [0.05, 0.1) is 26.4 Å². The molecule has 1 unspecified atom stereocenters. The number of hydrogen-bond donors (Lipinski definition) is 0. The van der Waals surface area contributed by atoms with Gasteiger partial charge >= 0.3 is 5.97 Å². The van der Waals surface area contributed by atoms with Crippen molar-refractivity contribution in [1.29, 1.82) is 0 Å². The second kappa shape index (κ2) is 12.4. The first kappa shape index (κ1) is 24.1. The van der Waals surface area contributed by atoms with Crippen LogP contribution in [-0.2, 0) is 48.3 Å². The van der Waals surface area contributed by atoms with Crippen LogP contribution in [0, 0.1) is 0 Å². The first-order valence-electron chi connectivity index (χ1n) is 11.4. The zero-order chi connectivity index (χ0) is 23.6. The summed E-state index contributed by atoms with van der Waals surface area (Å²) in [7, 11) is 0. The van der Waals surface area contributed by atoms with Crippen molar-refractivity contribution < 1.29 is 28.5 Å². The van der Waals surface area contributed by atoms with E-state index in [9.17, 15) is 4.79 Å². The van der Waals surface area contributed by atoms with E-state index >= 15 is 0 Å². The fraction of sp³-hybridized carbons (Fsp3) is 0.321. The van der Waals surface area contributed by atoms with E-state index in [0.29, 0.717) is 19.8 Å². The number of carbonyl (C=O) groups is 1. The highest BCUT2D eigenvalue weighted by atomic mass is 16.7. The molecule has 0 N–H and O–H groups in total. The van der Waals surface area contributed by atoms with E-state index in [2.05, 4.69) is 0 Å². The Morgan fingerprint density at radius 2 is 1.18 bits per heavy atom. The molecular formula is C28H30O6. The molecule has 1 aliphatic rings. The van der Waals surface area contributed by atoms with E-state index in [1.54, 1.807) is 0 Å². The molecule has 0 saturated carbocycles. The molecule has 1 heterocycles. The van der Waals surface area contributed by atoms with Gasteiger partial charge in [-0.3, -0.25) is 4.79 Å². The summed E-state index contributed by atoms with van der Waals surface area (Å²) in [6.07, 6.45) is -2.42. The van der Waals surface area contributed by atoms with Crippen LogP contribution in [0.15, 0.2) is 91.0 Å². The minimum atomic E-state index is -0.882. The van der Waals surface area contributed by atoms with Crippen LogP contribution in [0.5, 0.6) is 0 Å². The summed E-state index contributed by atoms with van der Waals surface area (Å²) in [6.45, 7) is 2.80. The van der Waals surface area contributed by atoms with Crippen molar-refractivity contribution in [1.82, 2.24) is 0 Å². The summed E-state index contributed by atoms with van der Waals surface area (Å²) in [5.41, 5.74) is 3.11. The zero-order valence-electron chi connectivity index (χ0n) is 19.2. The Kier molecular flexibility index (Phi) is 8.82. The summed E-state index contributed by atoms with van der Waals surface area (Å²) in [5, 5.41) is 0. The molecule has 0 aliphatic carbocycles. The van der Waals surface area contributed by atoms with Gasteiger partial charge in [-0.2, -0.15) is 0 Å². The fourth-order valence-corrected chi connectivity index (χ4v) is 3.86. The van der Waals surface area contributed by atoms with Crippen molar-refractivity contribution in [3.05, 3.63) is 108 Å². The van der Waals surface area contributed by atoms with Crippen molar-refractivity contribution in [2.45, 2.75) is 51.3 Å². The van der Waals surface area contributed by atoms with E-state index < -0.39 is 30.6 Å². The molecule has 0 spiro atoms. The molecule has 4 rings (SSSR count). The summed E-state index contributed by atoms with van der Waals surface area (Å²) in [6, 6.07) is 29.7. The summed E-state index contributed by atoms with van der Waals surface area (Å²) >= 11 is 0. The van der Waals surface area contributed by atoms with Crippen LogP contribution in [0.4, 0.5) is 0 Å². The molecule has 1 fully saturated rings. The van der Waals surface area contributed by atoms with E-state index in [4.69, 9.17) is 23.7 Å². The maximum absolute atomic E-state index is 11.8. The molecule has 0 amide bonds. The van der Waals surface area contributed by atoms with E-state index in [1.165, 1.54) is 6.92 Å². The largest absolute Gasteiger partial charge is 0.433 e. The SMILES string of the molecule is CC(=O)O[C@H]1O[C@@H](COCc2ccccc2)C(OCc2ccccc2)[C@H]1OCc1ccccc1. The minimum absolute atomic E-state index is 0.275. The molecular weight excluding hydrogens is 432 g/mol. The first-order chi connectivity index (χ1) is 16.7. The summed E-state index contributed by atoms with van der Waals surface area (Å²) in [5.74, 6) is -0.439. The van der Waals surface area contributed by atoms with Crippen LogP contribution in [-0.4, -0.2) is 37.2 Å². The number of esters is 1. The van der Waals surface area contributed by atoms with Crippen LogP contribution in [0.2, 0.25) is 0 Å². The molecule has 34 heavy (non-hydrogen) atoms. The Morgan fingerprint density at radius 3 is 1.68 bits per heavy atom. The molecule has 0 aromatic heterocycles. The second-order valence-corrected chi connectivity index (χ2v) is 8.18. The van der Waals surface area contributed by atoms with Crippen LogP contribution in [0.1, 0.15) is 23.6 Å². The third-order valence-corrected chi connectivity index (χ3v) is 5.51.